The summed E-state index contributed by atoms with van der Waals surface area (Å²) < 4.78 is 43.9. The number of anilines is 2. The van der Waals surface area contributed by atoms with Crippen LogP contribution in [-0.2, 0) is 0 Å². The van der Waals surface area contributed by atoms with Crippen molar-refractivity contribution in [1.82, 2.24) is 10.2 Å². The van der Waals surface area contributed by atoms with E-state index in [0.29, 0.717) is 36.4 Å². The summed E-state index contributed by atoms with van der Waals surface area (Å²) in [4.78, 5) is 14.7. The number of aromatic amines is 1. The molecular weight excluding hydrogens is 449 g/mol. The van der Waals surface area contributed by atoms with E-state index in [4.69, 9.17) is 11.6 Å². The van der Waals surface area contributed by atoms with Crippen molar-refractivity contribution in [2.45, 2.75) is 18.1 Å². The van der Waals surface area contributed by atoms with Gasteiger partial charge in [-0.15, -0.1) is 8.78 Å². The number of β-amino-alcohol motifs (C(OH)–C–C–N with tert-alkyl or cyclic N) is 1. The molecule has 2 aromatic carbocycles. The number of aromatic nitrogens is 2. The van der Waals surface area contributed by atoms with Crippen molar-refractivity contribution in [2.75, 3.05) is 23.3 Å². The van der Waals surface area contributed by atoms with Gasteiger partial charge in [-0.1, -0.05) is 0 Å². The van der Waals surface area contributed by atoms with Gasteiger partial charge in [-0.05, 0) is 48.9 Å². The molecule has 1 aromatic heterocycles. The Kier molecular flexibility index (Phi) is 5.98. The van der Waals surface area contributed by atoms with Gasteiger partial charge in [0.2, 0.25) is 0 Å². The van der Waals surface area contributed by atoms with Gasteiger partial charge in [0.25, 0.3) is 5.91 Å². The molecule has 4 rings (SSSR count). The number of benzene rings is 2. The minimum Gasteiger partial charge on any atom is -0.420 e. The predicted octanol–water partition coefficient (Wildman–Crippen LogP) is 4.21. The lowest BCUT2D eigenvalue weighted by Crippen LogP contribution is -2.22. The Morgan fingerprint density at radius 1 is 1.28 bits per heavy atom. The third kappa shape index (κ3) is 4.97. The van der Waals surface area contributed by atoms with Gasteiger partial charge >= 0.3 is 5.57 Å². The van der Waals surface area contributed by atoms with E-state index in [-0.39, 0.29) is 17.0 Å². The number of H-pyrrole nitrogens is 1. The predicted molar refractivity (Wildman–Crippen MR) is 113 cm³/mol. The molecule has 1 atom stereocenters. The van der Waals surface area contributed by atoms with Crippen LogP contribution in [0.25, 0.3) is 11.3 Å². The van der Waals surface area contributed by atoms with Crippen molar-refractivity contribution >= 4 is 28.9 Å². The van der Waals surface area contributed by atoms with E-state index in [2.05, 4.69) is 20.3 Å². The molecule has 0 aliphatic carbocycles. The van der Waals surface area contributed by atoms with Gasteiger partial charge in [-0.2, -0.15) is 5.10 Å². The van der Waals surface area contributed by atoms with E-state index in [0.717, 1.165) is 6.20 Å². The molecule has 0 radical (unpaired) electrons. The van der Waals surface area contributed by atoms with E-state index in [1.807, 2.05) is 4.90 Å². The van der Waals surface area contributed by atoms with Gasteiger partial charge in [-0.3, -0.25) is 9.89 Å². The van der Waals surface area contributed by atoms with Gasteiger partial charge < -0.3 is 20.1 Å². The molecular formula is C21H18ClF3N4O3. The minimum absolute atomic E-state index is 0.125. The number of halogens is 4. The summed E-state index contributed by atoms with van der Waals surface area (Å²) in [5.41, 5.74) is -2.05. The Balaban J connectivity index is 1.58. The summed E-state index contributed by atoms with van der Waals surface area (Å²) in [5, 5.41) is 18.8. The second-order valence-electron chi connectivity index (χ2n) is 7.24. The van der Waals surface area contributed by atoms with Crippen molar-refractivity contribution in [3.8, 4) is 17.0 Å². The lowest BCUT2D eigenvalue weighted by atomic mass is 10.0. The minimum atomic E-state index is -3.84. The fourth-order valence-corrected chi connectivity index (χ4v) is 3.61. The summed E-state index contributed by atoms with van der Waals surface area (Å²) >= 11 is 4.73. The molecule has 11 heteroatoms. The number of alkyl halides is 3. The maximum atomic E-state index is 14.3. The highest BCUT2D eigenvalue weighted by atomic mass is 35.5. The van der Waals surface area contributed by atoms with Crippen LogP contribution >= 0.6 is 11.6 Å². The van der Waals surface area contributed by atoms with E-state index < -0.39 is 23.4 Å². The molecule has 1 fully saturated rings. The van der Waals surface area contributed by atoms with Gasteiger partial charge in [0.1, 0.15) is 11.4 Å². The monoisotopic (exact) mass is 466 g/mol. The van der Waals surface area contributed by atoms with Crippen LogP contribution in [0.4, 0.5) is 24.5 Å². The number of rotatable bonds is 6. The summed E-state index contributed by atoms with van der Waals surface area (Å²) in [6.45, 7) is 0.981. The molecule has 32 heavy (non-hydrogen) atoms. The zero-order valence-electron chi connectivity index (χ0n) is 16.5. The molecule has 0 spiro atoms. The van der Waals surface area contributed by atoms with Crippen LogP contribution in [0, 0.1) is 5.82 Å². The molecule has 1 amide bonds. The van der Waals surface area contributed by atoms with E-state index in [1.165, 1.54) is 30.3 Å². The summed E-state index contributed by atoms with van der Waals surface area (Å²) in [6, 6.07) is 10.0. The molecule has 1 saturated heterocycles. The fraction of sp³-hybridized carbons (Fsp3) is 0.238. The van der Waals surface area contributed by atoms with Crippen molar-refractivity contribution in [1.29, 1.82) is 0 Å². The van der Waals surface area contributed by atoms with Crippen molar-refractivity contribution in [3.05, 3.63) is 60.0 Å². The summed E-state index contributed by atoms with van der Waals surface area (Å²) in [6.07, 6.45) is 1.14. The number of ether oxygens (including phenoxy) is 1. The molecule has 3 aromatic rings. The molecule has 3 N–H and O–H groups in total. The first-order valence-electron chi connectivity index (χ1n) is 9.63. The highest BCUT2D eigenvalue weighted by Gasteiger charge is 2.28. The van der Waals surface area contributed by atoms with Crippen LogP contribution in [0.3, 0.4) is 0 Å². The second kappa shape index (κ2) is 8.71. The number of nitrogens with one attached hydrogen (secondary N) is 2. The van der Waals surface area contributed by atoms with Crippen LogP contribution in [0.15, 0.2) is 48.7 Å². The first-order valence-corrected chi connectivity index (χ1v) is 10.0. The molecule has 1 aliphatic rings. The zero-order valence-corrected chi connectivity index (χ0v) is 17.2. The Morgan fingerprint density at radius 2 is 2.03 bits per heavy atom. The van der Waals surface area contributed by atoms with Crippen molar-refractivity contribution in [2.24, 2.45) is 0 Å². The summed E-state index contributed by atoms with van der Waals surface area (Å²) in [7, 11) is 0. The quantitative estimate of drug-likeness (QED) is 0.473. The third-order valence-corrected chi connectivity index (χ3v) is 5.05. The van der Waals surface area contributed by atoms with Crippen LogP contribution < -0.4 is 15.0 Å². The van der Waals surface area contributed by atoms with Gasteiger partial charge in [0, 0.05) is 47.2 Å². The van der Waals surface area contributed by atoms with Crippen LogP contribution in [0.2, 0.25) is 0 Å². The van der Waals surface area contributed by atoms with Crippen molar-refractivity contribution < 1.29 is 27.8 Å². The first-order chi connectivity index (χ1) is 15.2. The van der Waals surface area contributed by atoms with Gasteiger partial charge in [0.05, 0.1) is 12.3 Å². The normalized spacial score (nSPS) is 16.3. The Hall–Kier alpha value is -3.24. The number of aliphatic hydroxyl groups excluding tert-OH is 1. The molecule has 1 unspecified atom stereocenters. The zero-order chi connectivity index (χ0) is 22.9. The second-order valence-corrected chi connectivity index (χ2v) is 7.68. The van der Waals surface area contributed by atoms with Crippen LogP contribution in [0.5, 0.6) is 5.75 Å². The SMILES string of the molecule is O=C(Nc1ccc(OC(F)(F)Cl)cc1)c1ccc(N2CCC(O)C2)c(-c2[nH]ncc2F)c1. The third-order valence-electron chi connectivity index (χ3n) is 4.97. The number of aliphatic hydroxyl groups is 1. The Morgan fingerprint density at radius 3 is 2.62 bits per heavy atom. The van der Waals surface area contributed by atoms with E-state index >= 15 is 0 Å². The average Bonchev–Trinajstić information content (AvgIpc) is 3.36. The number of nitrogens with zero attached hydrogens (tertiary/aromatic N) is 2. The molecule has 2 heterocycles. The van der Waals surface area contributed by atoms with Crippen molar-refractivity contribution in [3.63, 3.8) is 0 Å². The van der Waals surface area contributed by atoms with Gasteiger partial charge in [0.15, 0.2) is 5.82 Å². The van der Waals surface area contributed by atoms with Crippen LogP contribution in [-0.4, -0.2) is 46.0 Å². The smallest absolute Gasteiger partial charge is 0.420 e. The Bertz CT molecular complexity index is 1120. The highest BCUT2D eigenvalue weighted by molar-refractivity contribution is 6.20. The largest absolute Gasteiger partial charge is 0.487 e. The molecule has 7 nitrogen and oxygen atoms in total. The maximum Gasteiger partial charge on any atom is 0.487 e. The molecule has 1 aliphatic heterocycles. The standard InChI is InChI=1S/C21H18ClF3N4O3/c22-21(24,25)32-15-4-2-13(3-5-15)27-20(31)12-1-6-18(29-8-7-14(30)11-29)16(9-12)19-17(23)10-26-28-19/h1-6,9-10,14,30H,7-8,11H2,(H,26,28)(H,27,31). The number of hydrogen-bond acceptors (Lipinski definition) is 5. The Labute approximate surface area is 185 Å². The number of carbonyl (C=O) groups is 1. The topological polar surface area (TPSA) is 90.5 Å². The summed E-state index contributed by atoms with van der Waals surface area (Å²) in [5.74, 6) is -1.23. The number of amides is 1. The first kappa shape index (κ1) is 22.0. The lowest BCUT2D eigenvalue weighted by Gasteiger charge is -2.22. The fourth-order valence-electron chi connectivity index (χ4n) is 3.52. The van der Waals surface area contributed by atoms with E-state index in [1.54, 1.807) is 12.1 Å². The molecule has 0 saturated carbocycles. The van der Waals surface area contributed by atoms with Gasteiger partial charge in [-0.25, -0.2) is 4.39 Å². The lowest BCUT2D eigenvalue weighted by molar-refractivity contribution is -0.0964. The maximum absolute atomic E-state index is 14.3. The number of carbonyl (C=O) groups excluding carboxylic acids is 1. The average molecular weight is 467 g/mol. The van der Waals surface area contributed by atoms with Crippen LogP contribution in [0.1, 0.15) is 16.8 Å². The van der Waals surface area contributed by atoms with E-state index in [9.17, 15) is 23.1 Å². The highest BCUT2D eigenvalue weighted by Crippen LogP contribution is 2.34. The number of hydrogen-bond donors (Lipinski definition) is 3. The molecule has 168 valence electrons. The molecule has 0 bridgehead atoms.